The second-order valence-electron chi connectivity index (χ2n) is 8.57. The second kappa shape index (κ2) is 12.0. The van der Waals surface area contributed by atoms with Crippen molar-refractivity contribution in [3.63, 3.8) is 0 Å². The van der Waals surface area contributed by atoms with E-state index in [-0.39, 0.29) is 39.6 Å². The van der Waals surface area contributed by atoms with Gasteiger partial charge in [-0.2, -0.15) is 8.42 Å². The van der Waals surface area contributed by atoms with Crippen LogP contribution in [0.15, 0.2) is 74.6 Å². The number of fused-ring (bicyclic) bond motifs is 1. The van der Waals surface area contributed by atoms with Gasteiger partial charge in [0.1, 0.15) is 22.9 Å². The first-order chi connectivity index (χ1) is 19.4. The molecule has 0 aliphatic rings. The summed E-state index contributed by atoms with van der Waals surface area (Å²) in [5.74, 6) is -1.63. The largest absolute Gasteiger partial charge is 0.507 e. The molecule has 4 aromatic rings. The van der Waals surface area contributed by atoms with Crippen molar-refractivity contribution < 1.29 is 47.7 Å². The fourth-order valence-corrected chi connectivity index (χ4v) is 4.78. The summed E-state index contributed by atoms with van der Waals surface area (Å²) in [6.45, 7) is 2.90. The zero-order chi connectivity index (χ0) is 29.9. The molecular weight excluding hydrogens is 580 g/mol. The smallest absolute Gasteiger partial charge is 0.294 e. The Labute approximate surface area is 236 Å². The number of aryl methyl sites for hydroxylation is 1. The van der Waals surface area contributed by atoms with Crippen LogP contribution < -0.4 is 10.6 Å². The molecule has 14 nitrogen and oxygen atoms in total. The molecule has 41 heavy (non-hydrogen) atoms. The van der Waals surface area contributed by atoms with Crippen LogP contribution in [0.1, 0.15) is 12.5 Å². The molecule has 0 aromatic heterocycles. The van der Waals surface area contributed by atoms with E-state index in [0.717, 1.165) is 24.6 Å². The average molecular weight is 603 g/mol. The van der Waals surface area contributed by atoms with Crippen molar-refractivity contribution in [2.45, 2.75) is 23.6 Å². The fraction of sp³-hybridized carbons (Fsp3) is 0.0800. The zero-order valence-electron chi connectivity index (χ0n) is 21.2. The maximum atomic E-state index is 11.8. The highest BCUT2D eigenvalue weighted by Crippen LogP contribution is 2.45. The van der Waals surface area contributed by atoms with E-state index in [4.69, 9.17) is 5.26 Å². The highest BCUT2D eigenvalue weighted by molar-refractivity contribution is 7.94. The van der Waals surface area contributed by atoms with Gasteiger partial charge in [0.25, 0.3) is 10.1 Å². The molecule has 0 heterocycles. The molecule has 0 spiro atoms. The lowest BCUT2D eigenvalue weighted by molar-refractivity contribution is -0.432. The third-order valence-corrected chi connectivity index (χ3v) is 6.95. The summed E-state index contributed by atoms with van der Waals surface area (Å²) >= 11 is 0.650. The zero-order valence-corrected chi connectivity index (χ0v) is 22.8. The Morgan fingerprint density at radius 2 is 1.68 bits per heavy atom. The lowest BCUT2D eigenvalue weighted by Gasteiger charge is -2.15. The molecule has 0 saturated heterocycles. The number of hydrogen-bond acceptors (Lipinski definition) is 13. The molecule has 16 heteroatoms. The molecule has 4 aromatic carbocycles. The quantitative estimate of drug-likeness (QED) is 0.0290. The predicted molar refractivity (Wildman–Crippen MR) is 149 cm³/mol. The van der Waals surface area contributed by atoms with Gasteiger partial charge in [-0.05, 0) is 60.3 Å². The molecule has 4 rings (SSSR count). The van der Waals surface area contributed by atoms with Gasteiger partial charge in [-0.3, -0.25) is 9.35 Å². The standard InChI is InChI=1S/C25H22N4O10S2/c1-12-7-14-3-5-17(27-18-9-15(40-39-38-34)4-6-21(18)31)24(23(14)22(32)8-12)29-28-20-11-16(41(35,36)37)10-19(25(20)33)26-13(2)30/h3-11,27,31-34H,1-2H3,(H,26,30)(H,35,36,37). The van der Waals surface area contributed by atoms with Crippen LogP contribution in [0.4, 0.5) is 28.4 Å². The molecule has 0 atom stereocenters. The van der Waals surface area contributed by atoms with Gasteiger partial charge < -0.3 is 26.0 Å². The average Bonchev–Trinajstić information content (AvgIpc) is 2.89. The van der Waals surface area contributed by atoms with Crippen LogP contribution in [0.25, 0.3) is 10.8 Å². The van der Waals surface area contributed by atoms with E-state index in [2.05, 4.69) is 30.2 Å². The molecule has 0 unspecified atom stereocenters. The van der Waals surface area contributed by atoms with Gasteiger partial charge in [0.05, 0.1) is 39.4 Å². The number of aromatic hydroxyl groups is 3. The van der Waals surface area contributed by atoms with Crippen molar-refractivity contribution in [1.82, 2.24) is 0 Å². The Balaban J connectivity index is 1.90. The molecule has 0 radical (unpaired) electrons. The first-order valence-electron chi connectivity index (χ1n) is 11.4. The highest BCUT2D eigenvalue weighted by Gasteiger charge is 2.19. The van der Waals surface area contributed by atoms with Gasteiger partial charge in [0, 0.05) is 11.8 Å². The number of nitrogens with one attached hydrogen (secondary N) is 2. The van der Waals surface area contributed by atoms with Crippen molar-refractivity contribution in [2.75, 3.05) is 10.6 Å². The van der Waals surface area contributed by atoms with Gasteiger partial charge in [-0.15, -0.1) is 14.6 Å². The van der Waals surface area contributed by atoms with Crippen LogP contribution in [-0.4, -0.2) is 39.5 Å². The monoisotopic (exact) mass is 602 g/mol. The Kier molecular flexibility index (Phi) is 8.62. The number of phenols is 3. The first-order valence-corrected chi connectivity index (χ1v) is 13.6. The van der Waals surface area contributed by atoms with Crippen LogP contribution in [0.5, 0.6) is 17.2 Å². The van der Waals surface area contributed by atoms with Crippen molar-refractivity contribution in [3.05, 3.63) is 60.2 Å². The van der Waals surface area contributed by atoms with Crippen LogP contribution >= 0.6 is 12.0 Å². The molecule has 1 amide bonds. The number of amides is 1. The summed E-state index contributed by atoms with van der Waals surface area (Å²) < 4.78 is 37.7. The summed E-state index contributed by atoms with van der Waals surface area (Å²) in [5, 5.41) is 58.1. The van der Waals surface area contributed by atoms with Crippen molar-refractivity contribution in [3.8, 4) is 17.2 Å². The summed E-state index contributed by atoms with van der Waals surface area (Å²) in [6.07, 6.45) is 0. The summed E-state index contributed by atoms with van der Waals surface area (Å²) in [6, 6.07) is 12.5. The van der Waals surface area contributed by atoms with Gasteiger partial charge in [0.15, 0.2) is 5.75 Å². The van der Waals surface area contributed by atoms with Gasteiger partial charge >= 0.3 is 0 Å². The number of hydrogen-bond donors (Lipinski definition) is 7. The lowest BCUT2D eigenvalue weighted by atomic mass is 10.0. The minimum absolute atomic E-state index is 0.0186. The number of benzene rings is 4. The molecule has 0 aliphatic carbocycles. The third kappa shape index (κ3) is 6.83. The van der Waals surface area contributed by atoms with Crippen molar-refractivity contribution >= 4 is 67.3 Å². The number of nitrogens with zero attached hydrogens (tertiary/aromatic N) is 2. The molecule has 7 N–H and O–H groups in total. The maximum absolute atomic E-state index is 11.8. The van der Waals surface area contributed by atoms with E-state index >= 15 is 0 Å². The number of rotatable bonds is 9. The van der Waals surface area contributed by atoms with Crippen LogP contribution in [0.2, 0.25) is 0 Å². The van der Waals surface area contributed by atoms with Crippen molar-refractivity contribution in [1.29, 1.82) is 0 Å². The highest BCUT2D eigenvalue weighted by atomic mass is 32.2. The Bertz CT molecular complexity index is 1800. The predicted octanol–water partition coefficient (Wildman–Crippen LogP) is 6.06. The minimum Gasteiger partial charge on any atom is -0.507 e. The SMILES string of the molecule is CC(=O)Nc1cc(S(=O)(=O)O)cc(N=Nc2c(Nc3cc(SOOO)ccc3O)ccc3cc(C)cc(O)c23)c1O. The number of phenolic OH excluding ortho intramolecular Hbond substituents is 3. The Morgan fingerprint density at radius 3 is 2.37 bits per heavy atom. The van der Waals surface area contributed by atoms with Crippen molar-refractivity contribution in [2.24, 2.45) is 10.2 Å². The fourth-order valence-electron chi connectivity index (χ4n) is 3.85. The van der Waals surface area contributed by atoms with Crippen LogP contribution in [-0.2, 0) is 24.3 Å². The molecule has 214 valence electrons. The van der Waals surface area contributed by atoms with Gasteiger partial charge in [-0.1, -0.05) is 17.2 Å². The first kappa shape index (κ1) is 29.5. The molecule has 0 fully saturated rings. The summed E-state index contributed by atoms with van der Waals surface area (Å²) in [5.41, 5.74) is 0.355. The van der Waals surface area contributed by atoms with E-state index in [1.165, 1.54) is 24.3 Å². The molecule has 0 bridgehead atoms. The van der Waals surface area contributed by atoms with E-state index in [1.54, 1.807) is 25.1 Å². The topological polar surface area (TPSA) is 220 Å². The second-order valence-corrected chi connectivity index (χ2v) is 10.8. The summed E-state index contributed by atoms with van der Waals surface area (Å²) in [7, 11) is -4.77. The van der Waals surface area contributed by atoms with Gasteiger partial charge in [0.2, 0.25) is 5.91 Å². The minimum atomic E-state index is -4.77. The number of azo groups is 1. The number of carbonyl (C=O) groups excluding carboxylic acids is 1. The summed E-state index contributed by atoms with van der Waals surface area (Å²) in [4.78, 5) is 11.3. The molecule has 0 saturated carbocycles. The lowest BCUT2D eigenvalue weighted by Crippen LogP contribution is -2.07. The van der Waals surface area contributed by atoms with Crippen LogP contribution in [0.3, 0.4) is 0 Å². The van der Waals surface area contributed by atoms with E-state index in [1.807, 2.05) is 0 Å². The normalized spacial score (nSPS) is 11.7. The van der Waals surface area contributed by atoms with E-state index in [0.29, 0.717) is 22.3 Å². The number of carbonyl (C=O) groups is 1. The van der Waals surface area contributed by atoms with E-state index in [9.17, 15) is 33.1 Å². The van der Waals surface area contributed by atoms with E-state index < -0.39 is 32.4 Å². The van der Waals surface area contributed by atoms with Gasteiger partial charge in [-0.25, -0.2) is 5.26 Å². The maximum Gasteiger partial charge on any atom is 0.294 e. The third-order valence-electron chi connectivity index (χ3n) is 5.54. The van der Waals surface area contributed by atoms with Crippen LogP contribution in [0, 0.1) is 6.92 Å². The Morgan fingerprint density at radius 1 is 0.927 bits per heavy atom. The molecule has 0 aliphatic heterocycles. The number of anilines is 3. The molecular formula is C25H22N4O10S2. The Hall–Kier alpha value is -4.45.